The van der Waals surface area contributed by atoms with Crippen LogP contribution in [0.15, 0.2) is 29.2 Å². The molecule has 2 rings (SSSR count). The van der Waals surface area contributed by atoms with Gasteiger partial charge in [0.15, 0.2) is 0 Å². The molecule has 0 aromatic heterocycles. The summed E-state index contributed by atoms with van der Waals surface area (Å²) >= 11 is 14.1. The Morgan fingerprint density at radius 3 is 2.48 bits per heavy atom. The monoisotopic (exact) mass is 486 g/mol. The standard InChI is InChI=1S/C23H32Cl2N2O3S/c1-8-11-29-19-13-18(25)17(24)12-16(19)20(26-31-23(5,6)7)15-9-10-27(14-15)21(28)30-22(2,3)4/h8,12-13,15H,1,9-11,14H2,2-7H3/b26-20+/t15-/m0/s1. The van der Waals surface area contributed by atoms with E-state index in [1.165, 1.54) is 11.9 Å². The van der Waals surface area contributed by atoms with E-state index >= 15 is 0 Å². The molecule has 8 heteroatoms. The zero-order valence-electron chi connectivity index (χ0n) is 19.1. The molecule has 0 unspecified atom stereocenters. The summed E-state index contributed by atoms with van der Waals surface area (Å²) < 4.78 is 16.3. The zero-order valence-corrected chi connectivity index (χ0v) is 21.5. The van der Waals surface area contributed by atoms with Crippen LogP contribution in [0.4, 0.5) is 4.79 Å². The van der Waals surface area contributed by atoms with Gasteiger partial charge >= 0.3 is 6.09 Å². The molecule has 0 saturated carbocycles. The van der Waals surface area contributed by atoms with Crippen LogP contribution in [0.5, 0.6) is 5.75 Å². The first-order chi connectivity index (χ1) is 14.3. The van der Waals surface area contributed by atoms with Gasteiger partial charge in [-0.15, -0.1) is 0 Å². The van der Waals surface area contributed by atoms with Gasteiger partial charge in [-0.2, -0.15) is 0 Å². The van der Waals surface area contributed by atoms with E-state index in [0.717, 1.165) is 17.7 Å². The maximum Gasteiger partial charge on any atom is 0.410 e. The Morgan fingerprint density at radius 2 is 1.90 bits per heavy atom. The van der Waals surface area contributed by atoms with Crippen molar-refractivity contribution in [3.8, 4) is 5.75 Å². The third-order valence-electron chi connectivity index (χ3n) is 4.30. The summed E-state index contributed by atoms with van der Waals surface area (Å²) in [5, 5.41) is 0.840. The molecule has 0 spiro atoms. The summed E-state index contributed by atoms with van der Waals surface area (Å²) in [6.07, 6.45) is 2.13. The van der Waals surface area contributed by atoms with Crippen LogP contribution in [0.25, 0.3) is 0 Å². The molecule has 172 valence electrons. The number of benzene rings is 1. The van der Waals surface area contributed by atoms with Crippen molar-refractivity contribution in [3.63, 3.8) is 0 Å². The third kappa shape index (κ3) is 7.92. The smallest absolute Gasteiger partial charge is 0.410 e. The van der Waals surface area contributed by atoms with Crippen LogP contribution in [0.2, 0.25) is 10.0 Å². The number of hydrogen-bond acceptors (Lipinski definition) is 5. The number of ether oxygens (including phenoxy) is 2. The molecule has 1 saturated heterocycles. The Kier molecular flexibility index (Phi) is 8.77. The Hall–Kier alpha value is -1.37. The molecular weight excluding hydrogens is 455 g/mol. The second kappa shape index (κ2) is 10.5. The third-order valence-corrected chi connectivity index (χ3v) is 5.86. The molecule has 1 amide bonds. The average Bonchev–Trinajstić information content (AvgIpc) is 3.11. The van der Waals surface area contributed by atoms with Gasteiger partial charge in [-0.3, -0.25) is 0 Å². The maximum absolute atomic E-state index is 12.6. The number of carbonyl (C=O) groups is 1. The largest absolute Gasteiger partial charge is 0.489 e. The summed E-state index contributed by atoms with van der Waals surface area (Å²) in [6, 6.07) is 3.50. The maximum atomic E-state index is 12.6. The molecule has 5 nitrogen and oxygen atoms in total. The first kappa shape index (κ1) is 25.9. The Morgan fingerprint density at radius 1 is 1.26 bits per heavy atom. The van der Waals surface area contributed by atoms with E-state index in [4.69, 9.17) is 37.1 Å². The quantitative estimate of drug-likeness (QED) is 0.245. The number of likely N-dealkylation sites (tertiary alicyclic amines) is 1. The van der Waals surface area contributed by atoms with E-state index in [2.05, 4.69) is 27.4 Å². The molecule has 1 aromatic rings. The van der Waals surface area contributed by atoms with E-state index < -0.39 is 5.60 Å². The number of halogens is 2. The van der Waals surface area contributed by atoms with Crippen molar-refractivity contribution >= 4 is 47.0 Å². The Labute approximate surface area is 200 Å². The summed E-state index contributed by atoms with van der Waals surface area (Å²) in [5.41, 5.74) is 1.08. The molecule has 1 heterocycles. The van der Waals surface area contributed by atoms with Crippen LogP contribution in [0, 0.1) is 5.92 Å². The number of rotatable bonds is 6. The Balaban J connectivity index is 2.41. The molecular formula is C23H32Cl2N2O3S. The first-order valence-electron chi connectivity index (χ1n) is 10.3. The predicted octanol–water partition coefficient (Wildman–Crippen LogP) is 7.05. The molecule has 1 aliphatic heterocycles. The van der Waals surface area contributed by atoms with Crippen molar-refractivity contribution < 1.29 is 14.3 Å². The number of nitrogens with zero attached hydrogens (tertiary/aromatic N) is 2. The van der Waals surface area contributed by atoms with Crippen molar-refractivity contribution in [2.24, 2.45) is 10.3 Å². The van der Waals surface area contributed by atoms with Gasteiger partial charge in [0, 0.05) is 35.4 Å². The topological polar surface area (TPSA) is 51.1 Å². The Bertz CT molecular complexity index is 844. The van der Waals surface area contributed by atoms with Crippen LogP contribution >= 0.6 is 35.1 Å². The number of amides is 1. The highest BCUT2D eigenvalue weighted by Gasteiger charge is 2.34. The fraction of sp³-hybridized carbons (Fsp3) is 0.565. The van der Waals surface area contributed by atoms with E-state index in [1.54, 1.807) is 23.1 Å². The fourth-order valence-electron chi connectivity index (χ4n) is 3.00. The van der Waals surface area contributed by atoms with Crippen molar-refractivity contribution in [2.75, 3.05) is 19.7 Å². The molecule has 0 N–H and O–H groups in total. The molecule has 1 atom stereocenters. The van der Waals surface area contributed by atoms with Crippen LogP contribution in [-0.4, -0.2) is 46.7 Å². The van der Waals surface area contributed by atoms with Gasteiger partial charge in [0.2, 0.25) is 0 Å². The van der Waals surface area contributed by atoms with E-state index in [-0.39, 0.29) is 16.8 Å². The molecule has 0 bridgehead atoms. The molecule has 0 aliphatic carbocycles. The zero-order chi connectivity index (χ0) is 23.4. The lowest BCUT2D eigenvalue weighted by Crippen LogP contribution is -2.36. The minimum Gasteiger partial charge on any atom is -0.489 e. The first-order valence-corrected chi connectivity index (χ1v) is 11.8. The van der Waals surface area contributed by atoms with Gasteiger partial charge < -0.3 is 14.4 Å². The van der Waals surface area contributed by atoms with Gasteiger partial charge in [0.05, 0.1) is 15.8 Å². The molecule has 31 heavy (non-hydrogen) atoms. The molecule has 1 aliphatic rings. The van der Waals surface area contributed by atoms with Gasteiger partial charge in [-0.1, -0.05) is 35.9 Å². The number of hydrogen-bond donors (Lipinski definition) is 0. The van der Waals surface area contributed by atoms with Crippen LogP contribution in [0.1, 0.15) is 53.5 Å². The fourth-order valence-corrected chi connectivity index (χ4v) is 3.94. The highest BCUT2D eigenvalue weighted by molar-refractivity contribution is 7.99. The minimum absolute atomic E-state index is 0.0192. The van der Waals surface area contributed by atoms with Crippen molar-refractivity contribution in [1.29, 1.82) is 0 Å². The molecule has 0 radical (unpaired) electrons. The lowest BCUT2D eigenvalue weighted by atomic mass is 9.95. The molecule has 1 fully saturated rings. The van der Waals surface area contributed by atoms with Gasteiger partial charge in [0.1, 0.15) is 18.0 Å². The second-order valence-electron chi connectivity index (χ2n) is 9.45. The van der Waals surface area contributed by atoms with E-state index in [1.807, 2.05) is 20.8 Å². The summed E-state index contributed by atoms with van der Waals surface area (Å²) in [5.74, 6) is 0.615. The minimum atomic E-state index is -0.538. The highest BCUT2D eigenvalue weighted by atomic mass is 35.5. The van der Waals surface area contributed by atoms with Crippen LogP contribution < -0.4 is 4.74 Å². The predicted molar refractivity (Wildman–Crippen MR) is 132 cm³/mol. The summed E-state index contributed by atoms with van der Waals surface area (Å²) in [6.45, 7) is 17.1. The lowest BCUT2D eigenvalue weighted by Gasteiger charge is -2.25. The summed E-state index contributed by atoms with van der Waals surface area (Å²) in [4.78, 5) is 14.3. The van der Waals surface area contributed by atoms with Gasteiger partial charge in [0.25, 0.3) is 0 Å². The molecule has 1 aromatic carbocycles. The van der Waals surface area contributed by atoms with Crippen molar-refractivity contribution in [1.82, 2.24) is 4.90 Å². The van der Waals surface area contributed by atoms with Gasteiger partial charge in [-0.25, -0.2) is 9.19 Å². The van der Waals surface area contributed by atoms with E-state index in [9.17, 15) is 4.79 Å². The second-order valence-corrected chi connectivity index (χ2v) is 11.9. The number of carbonyl (C=O) groups excluding carboxylic acids is 1. The van der Waals surface area contributed by atoms with Crippen molar-refractivity contribution in [3.05, 3.63) is 40.4 Å². The normalized spacial score (nSPS) is 17.6. The van der Waals surface area contributed by atoms with Gasteiger partial charge in [-0.05, 0) is 66.0 Å². The van der Waals surface area contributed by atoms with Crippen LogP contribution in [-0.2, 0) is 4.74 Å². The van der Waals surface area contributed by atoms with Crippen molar-refractivity contribution in [2.45, 2.75) is 58.3 Å². The average molecular weight is 487 g/mol. The SMILES string of the molecule is C=CCOc1cc(Cl)c(Cl)cc1/C(=N/SC(C)(C)C)[C@H]1CCN(C(=O)OC(C)(C)C)C1. The van der Waals surface area contributed by atoms with Crippen LogP contribution in [0.3, 0.4) is 0 Å². The lowest BCUT2D eigenvalue weighted by molar-refractivity contribution is 0.0292. The highest BCUT2D eigenvalue weighted by Crippen LogP contribution is 2.36. The summed E-state index contributed by atoms with van der Waals surface area (Å²) in [7, 11) is 0. The van der Waals surface area contributed by atoms with E-state index in [0.29, 0.717) is 35.5 Å².